The van der Waals surface area contributed by atoms with Gasteiger partial charge in [0, 0.05) is 5.56 Å². The van der Waals surface area contributed by atoms with Gasteiger partial charge in [-0.25, -0.2) is 0 Å². The molecule has 5 heteroatoms. The van der Waals surface area contributed by atoms with E-state index in [1.54, 1.807) is 14.2 Å². The Kier molecular flexibility index (Phi) is 4.57. The lowest BCUT2D eigenvalue weighted by Crippen LogP contribution is -2.21. The predicted molar refractivity (Wildman–Crippen MR) is 112 cm³/mol. The molecule has 3 aromatic rings. The molecule has 0 aliphatic carbocycles. The van der Waals surface area contributed by atoms with Crippen molar-refractivity contribution in [2.45, 2.75) is 6.92 Å². The SMILES string of the molecule is COc1ccc2ccc(OC)c(/C=C3\C(=O)N(c4ccccc4)N=C3C)c2c1. The van der Waals surface area contributed by atoms with Crippen molar-refractivity contribution in [2.24, 2.45) is 5.10 Å². The molecule has 0 bridgehead atoms. The van der Waals surface area contributed by atoms with Crippen molar-refractivity contribution in [3.8, 4) is 11.5 Å². The van der Waals surface area contributed by atoms with Gasteiger partial charge in [-0.1, -0.05) is 30.3 Å². The van der Waals surface area contributed by atoms with Crippen molar-refractivity contribution in [3.05, 3.63) is 71.8 Å². The zero-order valence-corrected chi connectivity index (χ0v) is 16.0. The van der Waals surface area contributed by atoms with E-state index in [0.29, 0.717) is 17.0 Å². The molecule has 0 N–H and O–H groups in total. The number of benzene rings is 3. The molecule has 5 nitrogen and oxygen atoms in total. The first-order chi connectivity index (χ1) is 13.6. The molecule has 0 saturated carbocycles. The van der Waals surface area contributed by atoms with Gasteiger partial charge in [0.2, 0.25) is 0 Å². The summed E-state index contributed by atoms with van der Waals surface area (Å²) in [6.45, 7) is 1.84. The Hall–Kier alpha value is -3.60. The minimum absolute atomic E-state index is 0.161. The molecule has 0 fully saturated rings. The quantitative estimate of drug-likeness (QED) is 0.626. The van der Waals surface area contributed by atoms with E-state index in [1.165, 1.54) is 5.01 Å². The second kappa shape index (κ2) is 7.19. The van der Waals surface area contributed by atoms with Crippen molar-refractivity contribution in [1.29, 1.82) is 0 Å². The van der Waals surface area contributed by atoms with Crippen LogP contribution in [0.5, 0.6) is 11.5 Å². The number of fused-ring (bicyclic) bond motifs is 1. The molecule has 4 rings (SSSR count). The number of rotatable bonds is 4. The number of para-hydroxylation sites is 1. The van der Waals surface area contributed by atoms with Crippen LogP contribution in [0.15, 0.2) is 71.3 Å². The minimum Gasteiger partial charge on any atom is -0.497 e. The topological polar surface area (TPSA) is 51.1 Å². The van der Waals surface area contributed by atoms with Crippen LogP contribution >= 0.6 is 0 Å². The van der Waals surface area contributed by atoms with Crippen molar-refractivity contribution in [1.82, 2.24) is 0 Å². The zero-order chi connectivity index (χ0) is 19.7. The highest BCUT2D eigenvalue weighted by atomic mass is 16.5. The molecule has 1 amide bonds. The summed E-state index contributed by atoms with van der Waals surface area (Å²) in [5.41, 5.74) is 2.77. The minimum atomic E-state index is -0.161. The fourth-order valence-electron chi connectivity index (χ4n) is 3.33. The van der Waals surface area contributed by atoms with Crippen molar-refractivity contribution < 1.29 is 14.3 Å². The van der Waals surface area contributed by atoms with Crippen molar-refractivity contribution in [2.75, 3.05) is 19.2 Å². The van der Waals surface area contributed by atoms with Crippen LogP contribution in [0.1, 0.15) is 12.5 Å². The van der Waals surface area contributed by atoms with Crippen LogP contribution in [-0.2, 0) is 4.79 Å². The van der Waals surface area contributed by atoms with Gasteiger partial charge in [-0.05, 0) is 54.1 Å². The van der Waals surface area contributed by atoms with Gasteiger partial charge in [0.1, 0.15) is 11.5 Å². The second-order valence-electron chi connectivity index (χ2n) is 6.46. The fourth-order valence-corrected chi connectivity index (χ4v) is 3.33. The Morgan fingerprint density at radius 3 is 2.43 bits per heavy atom. The summed E-state index contributed by atoms with van der Waals surface area (Å²) >= 11 is 0. The molecule has 0 spiro atoms. The number of anilines is 1. The molecule has 0 atom stereocenters. The predicted octanol–water partition coefficient (Wildman–Crippen LogP) is 4.66. The molecule has 1 heterocycles. The summed E-state index contributed by atoms with van der Waals surface area (Å²) in [4.78, 5) is 13.1. The average Bonchev–Trinajstić information content (AvgIpc) is 3.02. The van der Waals surface area contributed by atoms with Gasteiger partial charge in [-0.3, -0.25) is 4.79 Å². The Balaban J connectivity index is 1.86. The van der Waals surface area contributed by atoms with E-state index in [2.05, 4.69) is 5.10 Å². The van der Waals surface area contributed by atoms with E-state index in [9.17, 15) is 4.79 Å². The number of methoxy groups -OCH3 is 2. The van der Waals surface area contributed by atoms with E-state index in [4.69, 9.17) is 9.47 Å². The molecular weight excluding hydrogens is 352 g/mol. The lowest BCUT2D eigenvalue weighted by atomic mass is 9.99. The first-order valence-corrected chi connectivity index (χ1v) is 8.94. The van der Waals surface area contributed by atoms with Gasteiger partial charge in [-0.15, -0.1) is 0 Å². The lowest BCUT2D eigenvalue weighted by Gasteiger charge is -2.12. The normalized spacial score (nSPS) is 15.2. The van der Waals surface area contributed by atoms with Gasteiger partial charge in [0.15, 0.2) is 0 Å². The van der Waals surface area contributed by atoms with Crippen LogP contribution < -0.4 is 14.5 Å². The van der Waals surface area contributed by atoms with Gasteiger partial charge in [0.25, 0.3) is 5.91 Å². The van der Waals surface area contributed by atoms with Crippen LogP contribution in [0.25, 0.3) is 16.8 Å². The maximum atomic E-state index is 13.1. The van der Waals surface area contributed by atoms with E-state index in [-0.39, 0.29) is 5.91 Å². The smallest absolute Gasteiger partial charge is 0.280 e. The number of amides is 1. The molecule has 140 valence electrons. The maximum absolute atomic E-state index is 13.1. The Labute approximate surface area is 163 Å². The van der Waals surface area contributed by atoms with Gasteiger partial charge in [0.05, 0.1) is 31.2 Å². The highest BCUT2D eigenvalue weighted by Gasteiger charge is 2.29. The third kappa shape index (κ3) is 3.01. The number of hydrogen-bond donors (Lipinski definition) is 0. The van der Waals surface area contributed by atoms with Crippen LogP contribution in [0.4, 0.5) is 5.69 Å². The van der Waals surface area contributed by atoms with E-state index in [0.717, 1.165) is 27.8 Å². The summed E-state index contributed by atoms with van der Waals surface area (Å²) in [6, 6.07) is 19.1. The monoisotopic (exact) mass is 372 g/mol. The molecule has 0 unspecified atom stereocenters. The maximum Gasteiger partial charge on any atom is 0.280 e. The summed E-state index contributed by atoms with van der Waals surface area (Å²) < 4.78 is 10.9. The van der Waals surface area contributed by atoms with Gasteiger partial charge in [-0.2, -0.15) is 10.1 Å². The largest absolute Gasteiger partial charge is 0.497 e. The third-order valence-electron chi connectivity index (χ3n) is 4.80. The molecule has 1 aliphatic rings. The number of nitrogens with zero attached hydrogens (tertiary/aromatic N) is 2. The third-order valence-corrected chi connectivity index (χ3v) is 4.80. The lowest BCUT2D eigenvalue weighted by molar-refractivity contribution is -0.114. The number of hydrogen-bond acceptors (Lipinski definition) is 4. The standard InChI is InChI=1S/C23H20N2O3/c1-15-19(23(26)25(24-15)17-7-5-4-6-8-17)14-21-20-13-18(27-2)11-9-16(20)10-12-22(21)28-3/h4-14H,1-3H3/b19-14-. The number of ether oxygens (including phenoxy) is 2. The summed E-state index contributed by atoms with van der Waals surface area (Å²) in [7, 11) is 3.26. The van der Waals surface area contributed by atoms with Crippen LogP contribution in [0, 0.1) is 0 Å². The first-order valence-electron chi connectivity index (χ1n) is 8.94. The molecule has 3 aromatic carbocycles. The molecule has 0 saturated heterocycles. The first kappa shape index (κ1) is 17.8. The van der Waals surface area contributed by atoms with E-state index >= 15 is 0 Å². The summed E-state index contributed by atoms with van der Waals surface area (Å²) in [6.07, 6.45) is 1.85. The number of carbonyl (C=O) groups is 1. The molecule has 28 heavy (non-hydrogen) atoms. The van der Waals surface area contributed by atoms with Crippen LogP contribution in [0.3, 0.4) is 0 Å². The second-order valence-corrected chi connectivity index (χ2v) is 6.46. The van der Waals surface area contributed by atoms with Crippen molar-refractivity contribution >= 4 is 34.2 Å². The Bertz CT molecular complexity index is 1110. The van der Waals surface area contributed by atoms with Gasteiger partial charge >= 0.3 is 0 Å². The number of carbonyl (C=O) groups excluding carboxylic acids is 1. The highest BCUT2D eigenvalue weighted by molar-refractivity contribution is 6.32. The van der Waals surface area contributed by atoms with Gasteiger partial charge < -0.3 is 9.47 Å². The average molecular weight is 372 g/mol. The molecule has 1 aliphatic heterocycles. The summed E-state index contributed by atoms with van der Waals surface area (Å²) in [5, 5.41) is 7.87. The summed E-state index contributed by atoms with van der Waals surface area (Å²) in [5.74, 6) is 1.27. The fraction of sp³-hybridized carbons (Fsp3) is 0.130. The van der Waals surface area contributed by atoms with Crippen LogP contribution in [0.2, 0.25) is 0 Å². The number of hydrazone groups is 1. The zero-order valence-electron chi connectivity index (χ0n) is 16.0. The Morgan fingerprint density at radius 2 is 1.71 bits per heavy atom. The molecular formula is C23H20N2O3. The van der Waals surface area contributed by atoms with Crippen LogP contribution in [-0.4, -0.2) is 25.8 Å². The molecule has 0 aromatic heterocycles. The molecule has 0 radical (unpaired) electrons. The van der Waals surface area contributed by atoms with E-state index < -0.39 is 0 Å². The Morgan fingerprint density at radius 1 is 0.964 bits per heavy atom. The highest BCUT2D eigenvalue weighted by Crippen LogP contribution is 2.34. The van der Waals surface area contributed by atoms with Crippen molar-refractivity contribution in [3.63, 3.8) is 0 Å². The van der Waals surface area contributed by atoms with E-state index in [1.807, 2.05) is 73.7 Å².